The van der Waals surface area contributed by atoms with Crippen molar-refractivity contribution in [3.63, 3.8) is 0 Å². The lowest BCUT2D eigenvalue weighted by atomic mass is 10.0. The fraction of sp³-hybridized carbons (Fsp3) is 0.357. The minimum Gasteiger partial charge on any atom is -0.309 e. The van der Waals surface area contributed by atoms with Crippen molar-refractivity contribution in [2.45, 2.75) is 25.3 Å². The van der Waals surface area contributed by atoms with Gasteiger partial charge in [-0.25, -0.2) is 0 Å². The normalized spacial score (nSPS) is 21.1. The number of hydrogen-bond donors (Lipinski definition) is 1. The Balaban J connectivity index is 1.97. The number of aromatic nitrogens is 1. The third-order valence-electron chi connectivity index (χ3n) is 3.29. The first kappa shape index (κ1) is 9.79. The Bertz CT molecular complexity index is 487. The van der Waals surface area contributed by atoms with E-state index < -0.39 is 0 Å². The van der Waals surface area contributed by atoms with Gasteiger partial charge in [0, 0.05) is 11.4 Å². The minimum atomic E-state index is 0.457. The van der Waals surface area contributed by atoms with E-state index in [1.54, 1.807) is 0 Å². The highest BCUT2D eigenvalue weighted by Gasteiger charge is 2.15. The summed E-state index contributed by atoms with van der Waals surface area (Å²) in [6.07, 6.45) is 3.82. The standard InChI is InChI=1S/C14H16N2/c1-2-6-12-11(5-1)8-9-14(16-12)13-7-3-4-10-15-13/h1-2,5-6,8-9,13,15H,3-4,7,10H2/t13-/m0/s1. The van der Waals surface area contributed by atoms with Gasteiger partial charge in [-0.3, -0.25) is 4.98 Å². The van der Waals surface area contributed by atoms with Crippen LogP contribution in [0.3, 0.4) is 0 Å². The zero-order valence-electron chi connectivity index (χ0n) is 9.32. The molecule has 3 rings (SSSR count). The number of para-hydroxylation sites is 1. The number of benzene rings is 1. The lowest BCUT2D eigenvalue weighted by Gasteiger charge is -2.23. The Kier molecular flexibility index (Phi) is 2.58. The van der Waals surface area contributed by atoms with Crippen molar-refractivity contribution in [2.75, 3.05) is 6.54 Å². The summed E-state index contributed by atoms with van der Waals surface area (Å²) in [5.74, 6) is 0. The average molecular weight is 212 g/mol. The molecule has 0 aliphatic carbocycles. The van der Waals surface area contributed by atoms with Gasteiger partial charge < -0.3 is 5.32 Å². The fourth-order valence-electron chi connectivity index (χ4n) is 2.38. The van der Waals surface area contributed by atoms with E-state index in [-0.39, 0.29) is 0 Å². The maximum absolute atomic E-state index is 4.74. The SMILES string of the molecule is c1ccc2nc([C@@H]3CCCCN3)ccc2c1. The minimum absolute atomic E-state index is 0.457. The molecule has 1 atom stereocenters. The topological polar surface area (TPSA) is 24.9 Å². The predicted molar refractivity (Wildman–Crippen MR) is 66.3 cm³/mol. The molecule has 2 heteroatoms. The number of fused-ring (bicyclic) bond motifs is 1. The first-order chi connectivity index (χ1) is 7.93. The molecule has 2 aromatic rings. The molecule has 0 bridgehead atoms. The zero-order chi connectivity index (χ0) is 10.8. The Morgan fingerprint density at radius 2 is 2.00 bits per heavy atom. The van der Waals surface area contributed by atoms with Crippen LogP contribution in [0.1, 0.15) is 31.0 Å². The summed E-state index contributed by atoms with van der Waals surface area (Å²) in [7, 11) is 0. The van der Waals surface area contributed by atoms with Gasteiger partial charge in [0.05, 0.1) is 11.2 Å². The van der Waals surface area contributed by atoms with Crippen LogP contribution in [0.15, 0.2) is 36.4 Å². The van der Waals surface area contributed by atoms with Crippen LogP contribution < -0.4 is 5.32 Å². The van der Waals surface area contributed by atoms with Gasteiger partial charge in [-0.1, -0.05) is 30.7 Å². The summed E-state index contributed by atoms with van der Waals surface area (Å²) in [5.41, 5.74) is 2.30. The van der Waals surface area contributed by atoms with E-state index in [1.807, 2.05) is 6.07 Å². The number of pyridine rings is 1. The van der Waals surface area contributed by atoms with Gasteiger partial charge in [0.2, 0.25) is 0 Å². The molecule has 1 aromatic heterocycles. The molecule has 82 valence electrons. The van der Waals surface area contributed by atoms with Crippen LogP contribution in [0, 0.1) is 0 Å². The third-order valence-corrected chi connectivity index (χ3v) is 3.29. The Labute approximate surface area is 95.7 Å². The molecule has 1 aliphatic rings. The Morgan fingerprint density at radius 1 is 1.06 bits per heavy atom. The highest BCUT2D eigenvalue weighted by Crippen LogP contribution is 2.23. The molecule has 1 aliphatic heterocycles. The van der Waals surface area contributed by atoms with Crippen molar-refractivity contribution in [3.8, 4) is 0 Å². The molecule has 0 spiro atoms. The van der Waals surface area contributed by atoms with Crippen molar-refractivity contribution in [1.82, 2.24) is 10.3 Å². The van der Waals surface area contributed by atoms with Crippen molar-refractivity contribution in [3.05, 3.63) is 42.1 Å². The third kappa shape index (κ3) is 1.81. The van der Waals surface area contributed by atoms with Crippen LogP contribution in [0.4, 0.5) is 0 Å². The Morgan fingerprint density at radius 3 is 2.88 bits per heavy atom. The predicted octanol–water partition coefficient (Wildman–Crippen LogP) is 3.05. The van der Waals surface area contributed by atoms with Crippen LogP contribution in [-0.2, 0) is 0 Å². The largest absolute Gasteiger partial charge is 0.309 e. The molecule has 2 heterocycles. The number of nitrogens with one attached hydrogen (secondary N) is 1. The van der Waals surface area contributed by atoms with Gasteiger partial charge in [-0.2, -0.15) is 0 Å². The molecule has 1 N–H and O–H groups in total. The van der Waals surface area contributed by atoms with Gasteiger partial charge >= 0.3 is 0 Å². The summed E-state index contributed by atoms with van der Waals surface area (Å²) in [5, 5.41) is 4.76. The van der Waals surface area contributed by atoms with Gasteiger partial charge in [0.1, 0.15) is 0 Å². The van der Waals surface area contributed by atoms with E-state index in [9.17, 15) is 0 Å². The van der Waals surface area contributed by atoms with Crippen molar-refractivity contribution < 1.29 is 0 Å². The molecule has 0 amide bonds. The summed E-state index contributed by atoms with van der Waals surface area (Å²) < 4.78 is 0. The fourth-order valence-corrected chi connectivity index (χ4v) is 2.38. The lowest BCUT2D eigenvalue weighted by Crippen LogP contribution is -2.27. The van der Waals surface area contributed by atoms with E-state index in [1.165, 1.54) is 30.3 Å². The molecule has 0 saturated carbocycles. The smallest absolute Gasteiger partial charge is 0.0706 e. The molecule has 1 aromatic carbocycles. The first-order valence-corrected chi connectivity index (χ1v) is 6.02. The summed E-state index contributed by atoms with van der Waals surface area (Å²) >= 11 is 0. The molecular weight excluding hydrogens is 196 g/mol. The van der Waals surface area contributed by atoms with Crippen molar-refractivity contribution >= 4 is 10.9 Å². The summed E-state index contributed by atoms with van der Waals surface area (Å²) in [6.45, 7) is 1.12. The second kappa shape index (κ2) is 4.22. The van der Waals surface area contributed by atoms with Gasteiger partial charge in [-0.15, -0.1) is 0 Å². The zero-order valence-corrected chi connectivity index (χ0v) is 9.32. The molecule has 16 heavy (non-hydrogen) atoms. The molecular formula is C14H16N2. The first-order valence-electron chi connectivity index (χ1n) is 6.02. The second-order valence-electron chi connectivity index (χ2n) is 4.43. The maximum atomic E-state index is 4.74. The maximum Gasteiger partial charge on any atom is 0.0706 e. The quantitative estimate of drug-likeness (QED) is 0.786. The number of rotatable bonds is 1. The van der Waals surface area contributed by atoms with E-state index in [4.69, 9.17) is 4.98 Å². The number of nitrogens with zero attached hydrogens (tertiary/aromatic N) is 1. The van der Waals surface area contributed by atoms with E-state index >= 15 is 0 Å². The summed E-state index contributed by atoms with van der Waals surface area (Å²) in [6, 6.07) is 13.1. The van der Waals surface area contributed by atoms with Crippen molar-refractivity contribution in [2.24, 2.45) is 0 Å². The van der Waals surface area contributed by atoms with Crippen molar-refractivity contribution in [1.29, 1.82) is 0 Å². The lowest BCUT2D eigenvalue weighted by molar-refractivity contribution is 0.406. The van der Waals surface area contributed by atoms with E-state index in [0.717, 1.165) is 12.1 Å². The molecule has 1 saturated heterocycles. The van der Waals surface area contributed by atoms with Crippen LogP contribution in [0.25, 0.3) is 10.9 Å². The summed E-state index contributed by atoms with van der Waals surface area (Å²) in [4.78, 5) is 4.74. The molecule has 1 fully saturated rings. The number of piperidine rings is 1. The van der Waals surface area contributed by atoms with Crippen LogP contribution in [-0.4, -0.2) is 11.5 Å². The van der Waals surface area contributed by atoms with Crippen LogP contribution >= 0.6 is 0 Å². The van der Waals surface area contributed by atoms with E-state index in [2.05, 4.69) is 35.6 Å². The van der Waals surface area contributed by atoms with Crippen LogP contribution in [0.5, 0.6) is 0 Å². The van der Waals surface area contributed by atoms with Gasteiger partial charge in [-0.05, 0) is 31.5 Å². The van der Waals surface area contributed by atoms with Gasteiger partial charge in [0.25, 0.3) is 0 Å². The van der Waals surface area contributed by atoms with Crippen LogP contribution in [0.2, 0.25) is 0 Å². The van der Waals surface area contributed by atoms with Gasteiger partial charge in [0.15, 0.2) is 0 Å². The number of hydrogen-bond acceptors (Lipinski definition) is 2. The highest BCUT2D eigenvalue weighted by molar-refractivity contribution is 5.78. The highest BCUT2D eigenvalue weighted by atomic mass is 14.9. The average Bonchev–Trinajstić information content (AvgIpc) is 2.39. The second-order valence-corrected chi connectivity index (χ2v) is 4.43. The molecule has 0 unspecified atom stereocenters. The molecule has 2 nitrogen and oxygen atoms in total. The monoisotopic (exact) mass is 212 g/mol. The Hall–Kier alpha value is -1.41. The van der Waals surface area contributed by atoms with E-state index in [0.29, 0.717) is 6.04 Å². The molecule has 0 radical (unpaired) electrons.